The van der Waals surface area contributed by atoms with Gasteiger partial charge in [0.25, 0.3) is 0 Å². The fourth-order valence-electron chi connectivity index (χ4n) is 5.08. The van der Waals surface area contributed by atoms with E-state index in [0.29, 0.717) is 6.04 Å². The third kappa shape index (κ3) is 3.76. The zero-order valence-corrected chi connectivity index (χ0v) is 13.2. The second kappa shape index (κ2) is 7.26. The molecular formula is C18H34N2. The maximum absolute atomic E-state index is 6.09. The van der Waals surface area contributed by atoms with E-state index < -0.39 is 0 Å². The topological polar surface area (TPSA) is 38.0 Å². The van der Waals surface area contributed by atoms with Crippen LogP contribution in [-0.4, -0.2) is 18.1 Å². The zero-order valence-electron chi connectivity index (χ0n) is 13.2. The van der Waals surface area contributed by atoms with Crippen LogP contribution >= 0.6 is 0 Å². The Hall–Kier alpha value is -0.0800. The molecule has 2 heteroatoms. The van der Waals surface area contributed by atoms with Gasteiger partial charge in [-0.1, -0.05) is 32.1 Å². The Labute approximate surface area is 125 Å². The van der Waals surface area contributed by atoms with Crippen molar-refractivity contribution in [3.8, 4) is 0 Å². The second-order valence-corrected chi connectivity index (χ2v) is 7.73. The highest BCUT2D eigenvalue weighted by atomic mass is 15.0. The van der Waals surface area contributed by atoms with E-state index in [4.69, 9.17) is 5.73 Å². The van der Waals surface area contributed by atoms with Gasteiger partial charge in [0.05, 0.1) is 0 Å². The van der Waals surface area contributed by atoms with Crippen molar-refractivity contribution in [1.29, 1.82) is 0 Å². The van der Waals surface area contributed by atoms with Crippen molar-refractivity contribution in [2.75, 3.05) is 0 Å². The molecule has 3 N–H and O–H groups in total. The average molecular weight is 278 g/mol. The highest BCUT2D eigenvalue weighted by Crippen LogP contribution is 2.38. The van der Waals surface area contributed by atoms with Gasteiger partial charge >= 0.3 is 0 Å². The van der Waals surface area contributed by atoms with Crippen molar-refractivity contribution < 1.29 is 0 Å². The quantitative estimate of drug-likeness (QED) is 0.819. The van der Waals surface area contributed by atoms with E-state index >= 15 is 0 Å². The maximum Gasteiger partial charge on any atom is 0.0101 e. The van der Waals surface area contributed by atoms with Crippen molar-refractivity contribution in [2.45, 2.75) is 102 Å². The normalized spacial score (nSPS) is 40.6. The molecule has 3 saturated carbocycles. The van der Waals surface area contributed by atoms with Gasteiger partial charge in [-0.25, -0.2) is 0 Å². The van der Waals surface area contributed by atoms with Crippen molar-refractivity contribution in [2.24, 2.45) is 17.6 Å². The summed E-state index contributed by atoms with van der Waals surface area (Å²) in [7, 11) is 0. The molecule has 20 heavy (non-hydrogen) atoms. The van der Waals surface area contributed by atoms with E-state index in [9.17, 15) is 0 Å². The van der Waals surface area contributed by atoms with Crippen molar-refractivity contribution in [3.63, 3.8) is 0 Å². The van der Waals surface area contributed by atoms with Crippen LogP contribution in [-0.2, 0) is 0 Å². The van der Waals surface area contributed by atoms with Gasteiger partial charge in [0.2, 0.25) is 0 Å². The first-order valence-electron chi connectivity index (χ1n) is 9.34. The van der Waals surface area contributed by atoms with Gasteiger partial charge in [0.1, 0.15) is 0 Å². The number of hydrogen-bond donors (Lipinski definition) is 2. The largest absolute Gasteiger partial charge is 0.328 e. The molecule has 3 aliphatic carbocycles. The summed E-state index contributed by atoms with van der Waals surface area (Å²) in [6, 6.07) is 2.16. The summed E-state index contributed by atoms with van der Waals surface area (Å²) in [4.78, 5) is 0. The fourth-order valence-corrected chi connectivity index (χ4v) is 5.08. The van der Waals surface area contributed by atoms with E-state index in [0.717, 1.165) is 23.9 Å². The zero-order chi connectivity index (χ0) is 13.8. The summed E-state index contributed by atoms with van der Waals surface area (Å²) in [6.45, 7) is 0. The minimum atomic E-state index is 0.500. The first-order valence-corrected chi connectivity index (χ1v) is 9.34. The van der Waals surface area contributed by atoms with Gasteiger partial charge in [0, 0.05) is 18.1 Å². The van der Waals surface area contributed by atoms with Gasteiger partial charge < -0.3 is 11.1 Å². The first kappa shape index (κ1) is 14.8. The molecule has 2 atom stereocenters. The Morgan fingerprint density at radius 2 is 1.30 bits per heavy atom. The van der Waals surface area contributed by atoms with Crippen LogP contribution < -0.4 is 11.1 Å². The minimum absolute atomic E-state index is 0.500. The van der Waals surface area contributed by atoms with Crippen LogP contribution in [0.4, 0.5) is 0 Å². The third-order valence-electron chi connectivity index (χ3n) is 6.30. The molecule has 3 rings (SSSR count). The molecule has 0 radical (unpaired) electrons. The Morgan fingerprint density at radius 1 is 0.650 bits per heavy atom. The van der Waals surface area contributed by atoms with Gasteiger partial charge in [-0.2, -0.15) is 0 Å². The SMILES string of the molecule is NC1CCC(C2CCCCC2NC2CCCCC2)CC1. The van der Waals surface area contributed by atoms with Gasteiger partial charge in [-0.3, -0.25) is 0 Å². The molecule has 0 saturated heterocycles. The first-order chi connectivity index (χ1) is 9.83. The highest BCUT2D eigenvalue weighted by Gasteiger charge is 2.34. The summed E-state index contributed by atoms with van der Waals surface area (Å²) in [6.07, 6.45) is 18.4. The van der Waals surface area contributed by atoms with Crippen molar-refractivity contribution in [3.05, 3.63) is 0 Å². The highest BCUT2D eigenvalue weighted by molar-refractivity contribution is 4.90. The predicted molar refractivity (Wildman–Crippen MR) is 85.7 cm³/mol. The van der Waals surface area contributed by atoms with Crippen LogP contribution in [0, 0.1) is 11.8 Å². The summed E-state index contributed by atoms with van der Waals surface area (Å²) in [5.74, 6) is 1.93. The Morgan fingerprint density at radius 3 is 2.05 bits per heavy atom. The molecule has 0 bridgehead atoms. The summed E-state index contributed by atoms with van der Waals surface area (Å²) < 4.78 is 0. The molecule has 2 unspecified atom stereocenters. The molecule has 116 valence electrons. The lowest BCUT2D eigenvalue weighted by Crippen LogP contribution is -2.48. The molecule has 0 aromatic rings. The Kier molecular flexibility index (Phi) is 5.39. The maximum atomic E-state index is 6.09. The summed E-state index contributed by atoms with van der Waals surface area (Å²) in [5.41, 5.74) is 6.09. The van der Waals surface area contributed by atoms with E-state index in [1.807, 2.05) is 0 Å². The van der Waals surface area contributed by atoms with Crippen LogP contribution in [0.3, 0.4) is 0 Å². The minimum Gasteiger partial charge on any atom is -0.328 e. The molecule has 2 nitrogen and oxygen atoms in total. The molecule has 3 aliphatic rings. The molecule has 0 amide bonds. The molecule has 0 aliphatic heterocycles. The molecule has 0 aromatic carbocycles. The van der Waals surface area contributed by atoms with E-state index in [2.05, 4.69) is 5.32 Å². The number of nitrogens with one attached hydrogen (secondary N) is 1. The van der Waals surface area contributed by atoms with Crippen molar-refractivity contribution >= 4 is 0 Å². The number of nitrogens with two attached hydrogens (primary N) is 1. The third-order valence-corrected chi connectivity index (χ3v) is 6.30. The van der Waals surface area contributed by atoms with E-state index in [1.165, 1.54) is 83.5 Å². The van der Waals surface area contributed by atoms with Crippen LogP contribution in [0.2, 0.25) is 0 Å². The Balaban J connectivity index is 1.55. The lowest BCUT2D eigenvalue weighted by Gasteiger charge is -2.42. The monoisotopic (exact) mass is 278 g/mol. The van der Waals surface area contributed by atoms with Gasteiger partial charge in [-0.05, 0) is 63.2 Å². The molecule has 3 fully saturated rings. The molecule has 0 heterocycles. The van der Waals surface area contributed by atoms with Gasteiger partial charge in [0.15, 0.2) is 0 Å². The second-order valence-electron chi connectivity index (χ2n) is 7.73. The van der Waals surface area contributed by atoms with Crippen molar-refractivity contribution in [1.82, 2.24) is 5.32 Å². The fraction of sp³-hybridized carbons (Fsp3) is 1.00. The number of hydrogen-bond acceptors (Lipinski definition) is 2. The lowest BCUT2D eigenvalue weighted by molar-refractivity contribution is 0.131. The smallest absolute Gasteiger partial charge is 0.0101 e. The molecular weight excluding hydrogens is 244 g/mol. The summed E-state index contributed by atoms with van der Waals surface area (Å²) in [5, 5.41) is 4.09. The van der Waals surface area contributed by atoms with Crippen LogP contribution in [0.15, 0.2) is 0 Å². The predicted octanol–water partition coefficient (Wildman–Crippen LogP) is 3.99. The molecule has 0 spiro atoms. The summed E-state index contributed by atoms with van der Waals surface area (Å²) >= 11 is 0. The van der Waals surface area contributed by atoms with E-state index in [1.54, 1.807) is 0 Å². The van der Waals surface area contributed by atoms with Crippen LogP contribution in [0.1, 0.15) is 83.5 Å². The van der Waals surface area contributed by atoms with Crippen LogP contribution in [0.25, 0.3) is 0 Å². The number of rotatable bonds is 3. The van der Waals surface area contributed by atoms with Crippen LogP contribution in [0.5, 0.6) is 0 Å². The Bertz CT molecular complexity index is 277. The van der Waals surface area contributed by atoms with Gasteiger partial charge in [-0.15, -0.1) is 0 Å². The van der Waals surface area contributed by atoms with E-state index in [-0.39, 0.29) is 0 Å². The molecule has 0 aromatic heterocycles. The average Bonchev–Trinajstić information content (AvgIpc) is 2.50. The standard InChI is InChI=1S/C18H34N2/c19-15-12-10-14(11-13-15)17-8-4-5-9-18(17)20-16-6-2-1-3-7-16/h14-18,20H,1-13,19H2. The lowest BCUT2D eigenvalue weighted by atomic mass is 9.70.